The number of nitrogens with one attached hydrogen (secondary N) is 1. The fraction of sp³-hybridized carbons (Fsp3) is 0.111. The molecule has 1 aliphatic carbocycles. The van der Waals surface area contributed by atoms with E-state index in [4.69, 9.17) is 0 Å². The molecule has 140 valence electrons. The molecule has 1 N–H and O–H groups in total. The molecule has 1 heterocycles. The first-order chi connectivity index (χ1) is 14.1. The Labute approximate surface area is 174 Å². The summed E-state index contributed by atoms with van der Waals surface area (Å²) in [6.07, 6.45) is 0. The summed E-state index contributed by atoms with van der Waals surface area (Å²) < 4.78 is 2.68. The molecule has 0 spiro atoms. The fourth-order valence-electron chi connectivity index (χ4n) is 4.77. The van der Waals surface area contributed by atoms with E-state index in [1.807, 2.05) is 11.3 Å². The van der Waals surface area contributed by atoms with Crippen LogP contribution in [-0.4, -0.2) is 0 Å². The van der Waals surface area contributed by atoms with E-state index < -0.39 is 0 Å². The molecule has 0 fully saturated rings. The van der Waals surface area contributed by atoms with E-state index in [0.29, 0.717) is 0 Å². The SMILES string of the molecule is CC1(C)c2ccccc2-c2cc(Nc3ccc4sc5ccccc5c4c3)ccc21. The van der Waals surface area contributed by atoms with Crippen LogP contribution in [0.3, 0.4) is 0 Å². The van der Waals surface area contributed by atoms with E-state index in [9.17, 15) is 0 Å². The monoisotopic (exact) mass is 391 g/mol. The van der Waals surface area contributed by atoms with E-state index in [1.165, 1.54) is 42.4 Å². The summed E-state index contributed by atoms with van der Waals surface area (Å²) in [6.45, 7) is 4.64. The third-order valence-corrected chi connectivity index (χ3v) is 7.40. The molecular weight excluding hydrogens is 370 g/mol. The highest BCUT2D eigenvalue weighted by molar-refractivity contribution is 7.25. The van der Waals surface area contributed by atoms with Crippen LogP contribution in [-0.2, 0) is 5.41 Å². The minimum atomic E-state index is 0.0545. The van der Waals surface area contributed by atoms with E-state index in [1.54, 1.807) is 0 Å². The van der Waals surface area contributed by atoms with Crippen LogP contribution in [0, 0.1) is 0 Å². The van der Waals surface area contributed by atoms with Crippen LogP contribution >= 0.6 is 11.3 Å². The van der Waals surface area contributed by atoms with Crippen LogP contribution in [0.15, 0.2) is 84.9 Å². The van der Waals surface area contributed by atoms with Gasteiger partial charge in [0.1, 0.15) is 0 Å². The number of thiophene rings is 1. The number of rotatable bonds is 2. The van der Waals surface area contributed by atoms with Crippen molar-refractivity contribution in [2.75, 3.05) is 5.32 Å². The topological polar surface area (TPSA) is 12.0 Å². The van der Waals surface area contributed by atoms with Crippen molar-refractivity contribution in [2.45, 2.75) is 19.3 Å². The van der Waals surface area contributed by atoms with Crippen LogP contribution < -0.4 is 5.32 Å². The predicted molar refractivity (Wildman–Crippen MR) is 127 cm³/mol. The zero-order valence-electron chi connectivity index (χ0n) is 16.5. The molecule has 0 radical (unpaired) electrons. The Hall–Kier alpha value is -3.10. The minimum absolute atomic E-state index is 0.0545. The number of fused-ring (bicyclic) bond motifs is 6. The van der Waals surface area contributed by atoms with Crippen molar-refractivity contribution in [1.82, 2.24) is 0 Å². The molecule has 4 aromatic carbocycles. The normalized spacial score (nSPS) is 14.1. The fourth-order valence-corrected chi connectivity index (χ4v) is 5.85. The van der Waals surface area contributed by atoms with E-state index in [0.717, 1.165) is 11.4 Å². The van der Waals surface area contributed by atoms with E-state index in [-0.39, 0.29) is 5.41 Å². The number of benzene rings is 4. The first-order valence-electron chi connectivity index (χ1n) is 10.0. The molecule has 1 aromatic heterocycles. The molecule has 1 aliphatic rings. The highest BCUT2D eigenvalue weighted by atomic mass is 32.1. The predicted octanol–water partition coefficient (Wildman–Crippen LogP) is 8.10. The van der Waals surface area contributed by atoms with Crippen molar-refractivity contribution in [2.24, 2.45) is 0 Å². The summed E-state index contributed by atoms with van der Waals surface area (Å²) in [7, 11) is 0. The van der Waals surface area contributed by atoms with Gasteiger partial charge in [-0.3, -0.25) is 0 Å². The summed E-state index contributed by atoms with van der Waals surface area (Å²) in [6, 6.07) is 30.9. The first kappa shape index (κ1) is 16.8. The van der Waals surface area contributed by atoms with Crippen LogP contribution in [0.1, 0.15) is 25.0 Å². The summed E-state index contributed by atoms with van der Waals surface area (Å²) >= 11 is 1.86. The quantitative estimate of drug-likeness (QED) is 0.320. The van der Waals surface area contributed by atoms with Crippen LogP contribution in [0.4, 0.5) is 11.4 Å². The molecule has 0 saturated heterocycles. The summed E-state index contributed by atoms with van der Waals surface area (Å²) in [4.78, 5) is 0. The van der Waals surface area contributed by atoms with Crippen molar-refractivity contribution in [1.29, 1.82) is 0 Å². The van der Waals surface area contributed by atoms with Gasteiger partial charge in [-0.05, 0) is 58.7 Å². The summed E-state index contributed by atoms with van der Waals surface area (Å²) in [5, 5.41) is 6.30. The van der Waals surface area contributed by atoms with Crippen molar-refractivity contribution >= 4 is 42.9 Å². The molecule has 6 rings (SSSR count). The maximum Gasteiger partial charge on any atom is 0.0391 e. The maximum absolute atomic E-state index is 3.64. The van der Waals surface area contributed by atoms with Crippen molar-refractivity contribution in [3.05, 3.63) is 96.1 Å². The highest BCUT2D eigenvalue weighted by Gasteiger charge is 2.34. The third-order valence-electron chi connectivity index (χ3n) is 6.25. The van der Waals surface area contributed by atoms with E-state index >= 15 is 0 Å². The number of anilines is 2. The molecular formula is C27H21NS. The largest absolute Gasteiger partial charge is 0.355 e. The van der Waals surface area contributed by atoms with Gasteiger partial charge in [0.2, 0.25) is 0 Å². The van der Waals surface area contributed by atoms with Gasteiger partial charge in [-0.2, -0.15) is 0 Å². The Morgan fingerprint density at radius 1 is 0.621 bits per heavy atom. The van der Waals surface area contributed by atoms with Crippen LogP contribution in [0.25, 0.3) is 31.3 Å². The summed E-state index contributed by atoms with van der Waals surface area (Å²) in [5.41, 5.74) is 7.84. The molecule has 0 amide bonds. The molecule has 0 bridgehead atoms. The lowest BCUT2D eigenvalue weighted by Crippen LogP contribution is -2.14. The number of hydrogen-bond acceptors (Lipinski definition) is 2. The zero-order chi connectivity index (χ0) is 19.6. The van der Waals surface area contributed by atoms with Gasteiger partial charge in [-0.25, -0.2) is 0 Å². The molecule has 5 aromatic rings. The van der Waals surface area contributed by atoms with E-state index in [2.05, 4.69) is 104 Å². The highest BCUT2D eigenvalue weighted by Crippen LogP contribution is 2.49. The lowest BCUT2D eigenvalue weighted by atomic mass is 9.82. The Bertz CT molecular complexity index is 1410. The van der Waals surface area contributed by atoms with Gasteiger partial charge in [0.05, 0.1) is 0 Å². The van der Waals surface area contributed by atoms with Gasteiger partial charge < -0.3 is 5.32 Å². The Morgan fingerprint density at radius 2 is 1.31 bits per heavy atom. The van der Waals surface area contributed by atoms with Gasteiger partial charge in [-0.15, -0.1) is 11.3 Å². The Balaban J connectivity index is 1.43. The van der Waals surface area contributed by atoms with Gasteiger partial charge in [-0.1, -0.05) is 62.4 Å². The smallest absolute Gasteiger partial charge is 0.0391 e. The second-order valence-electron chi connectivity index (χ2n) is 8.37. The second kappa shape index (κ2) is 5.95. The molecule has 0 saturated carbocycles. The third kappa shape index (κ3) is 2.46. The lowest BCUT2D eigenvalue weighted by molar-refractivity contribution is 0.660. The number of hydrogen-bond donors (Lipinski definition) is 1. The lowest BCUT2D eigenvalue weighted by Gasteiger charge is -2.21. The molecule has 2 heteroatoms. The van der Waals surface area contributed by atoms with Crippen molar-refractivity contribution < 1.29 is 0 Å². The Kier molecular flexibility index (Phi) is 3.45. The van der Waals surface area contributed by atoms with Gasteiger partial charge in [0.15, 0.2) is 0 Å². The average molecular weight is 392 g/mol. The van der Waals surface area contributed by atoms with Gasteiger partial charge in [0, 0.05) is 37.0 Å². The Morgan fingerprint density at radius 3 is 2.24 bits per heavy atom. The molecule has 0 atom stereocenters. The van der Waals surface area contributed by atoms with Crippen molar-refractivity contribution in [3.63, 3.8) is 0 Å². The average Bonchev–Trinajstić information content (AvgIpc) is 3.21. The molecule has 1 nitrogen and oxygen atoms in total. The standard InChI is InChI=1S/C27H21NS/c1-27(2)23-9-5-3-7-19(23)21-15-17(11-13-24(21)27)28-18-12-14-26-22(16-18)20-8-4-6-10-25(20)29-26/h3-16,28H,1-2H3. The van der Waals surface area contributed by atoms with Crippen LogP contribution in [0.5, 0.6) is 0 Å². The second-order valence-corrected chi connectivity index (χ2v) is 9.45. The molecule has 0 unspecified atom stereocenters. The first-order valence-corrected chi connectivity index (χ1v) is 10.9. The van der Waals surface area contributed by atoms with Crippen LogP contribution in [0.2, 0.25) is 0 Å². The maximum atomic E-state index is 3.64. The zero-order valence-corrected chi connectivity index (χ0v) is 17.3. The van der Waals surface area contributed by atoms with Gasteiger partial charge in [0.25, 0.3) is 0 Å². The van der Waals surface area contributed by atoms with Gasteiger partial charge >= 0.3 is 0 Å². The molecule has 0 aliphatic heterocycles. The summed E-state index contributed by atoms with van der Waals surface area (Å²) in [5.74, 6) is 0. The molecule has 29 heavy (non-hydrogen) atoms. The minimum Gasteiger partial charge on any atom is -0.355 e. The van der Waals surface area contributed by atoms with Crippen molar-refractivity contribution in [3.8, 4) is 11.1 Å².